The van der Waals surface area contributed by atoms with Gasteiger partial charge in [0.2, 0.25) is 17.8 Å². The molecule has 9 nitrogen and oxygen atoms in total. The number of sulfonamides is 1. The van der Waals surface area contributed by atoms with Crippen molar-refractivity contribution >= 4 is 39.5 Å². The summed E-state index contributed by atoms with van der Waals surface area (Å²) >= 11 is 0. The van der Waals surface area contributed by atoms with E-state index in [1.165, 1.54) is 48.5 Å². The van der Waals surface area contributed by atoms with Gasteiger partial charge in [0.1, 0.15) is 0 Å². The van der Waals surface area contributed by atoms with E-state index in [0.717, 1.165) is 11.1 Å². The summed E-state index contributed by atoms with van der Waals surface area (Å²) in [6.07, 6.45) is 6.44. The molecular weight excluding hydrogens is 442 g/mol. The van der Waals surface area contributed by atoms with Crippen molar-refractivity contribution in [1.29, 1.82) is 0 Å². The first kappa shape index (κ1) is 22.2. The van der Waals surface area contributed by atoms with Crippen molar-refractivity contribution in [3.05, 3.63) is 84.3 Å². The maximum atomic E-state index is 12.8. The van der Waals surface area contributed by atoms with Gasteiger partial charge in [0.25, 0.3) is 10.0 Å². The van der Waals surface area contributed by atoms with E-state index in [1.807, 2.05) is 30.3 Å². The minimum atomic E-state index is -3.87. The van der Waals surface area contributed by atoms with Crippen molar-refractivity contribution in [2.24, 2.45) is 0 Å². The van der Waals surface area contributed by atoms with Crippen LogP contribution in [0.15, 0.2) is 78.1 Å². The van der Waals surface area contributed by atoms with Crippen molar-refractivity contribution < 1.29 is 18.0 Å². The van der Waals surface area contributed by atoms with Crippen LogP contribution in [0.3, 0.4) is 0 Å². The van der Waals surface area contributed by atoms with E-state index in [4.69, 9.17) is 0 Å². The Labute approximate surface area is 191 Å². The Morgan fingerprint density at radius 3 is 2.39 bits per heavy atom. The summed E-state index contributed by atoms with van der Waals surface area (Å²) in [7, 11) is -3.87. The number of nitrogens with zero attached hydrogens (tertiary/aromatic N) is 3. The van der Waals surface area contributed by atoms with E-state index in [9.17, 15) is 18.0 Å². The van der Waals surface area contributed by atoms with Gasteiger partial charge in [0, 0.05) is 31.2 Å². The molecule has 10 heteroatoms. The first-order valence-corrected chi connectivity index (χ1v) is 11.6. The third-order valence-corrected chi connectivity index (χ3v) is 6.43. The number of hydrogen-bond donors (Lipinski definition) is 2. The lowest BCUT2D eigenvalue weighted by atomic mass is 9.93. The fourth-order valence-corrected chi connectivity index (χ4v) is 4.51. The van der Waals surface area contributed by atoms with E-state index in [0.29, 0.717) is 5.69 Å². The van der Waals surface area contributed by atoms with Gasteiger partial charge in [-0.3, -0.25) is 9.59 Å². The molecule has 2 heterocycles. The zero-order valence-electron chi connectivity index (χ0n) is 17.7. The van der Waals surface area contributed by atoms with Gasteiger partial charge in [0.15, 0.2) is 0 Å². The summed E-state index contributed by atoms with van der Waals surface area (Å²) < 4.78 is 27.3. The Morgan fingerprint density at radius 1 is 1.00 bits per heavy atom. The minimum absolute atomic E-state index is 0.00190. The molecule has 4 rings (SSSR count). The molecule has 0 bridgehead atoms. The largest absolute Gasteiger partial charge is 0.326 e. The van der Waals surface area contributed by atoms with E-state index in [-0.39, 0.29) is 29.1 Å². The summed E-state index contributed by atoms with van der Waals surface area (Å²) in [6, 6.07) is 14.5. The maximum Gasteiger partial charge on any atom is 0.264 e. The molecule has 0 unspecified atom stereocenters. The summed E-state index contributed by atoms with van der Waals surface area (Å²) in [6.45, 7) is 1.46. The van der Waals surface area contributed by atoms with Crippen LogP contribution in [0.25, 0.3) is 6.08 Å². The van der Waals surface area contributed by atoms with Crippen LogP contribution in [0.5, 0.6) is 0 Å². The van der Waals surface area contributed by atoms with Crippen LogP contribution in [0.4, 0.5) is 11.6 Å². The Balaban J connectivity index is 1.45. The van der Waals surface area contributed by atoms with Gasteiger partial charge in [-0.15, -0.1) is 0 Å². The van der Waals surface area contributed by atoms with Gasteiger partial charge in [-0.1, -0.05) is 24.3 Å². The lowest BCUT2D eigenvalue weighted by molar-refractivity contribution is -0.129. The monoisotopic (exact) mass is 463 g/mol. The molecule has 0 radical (unpaired) electrons. The van der Waals surface area contributed by atoms with Gasteiger partial charge in [-0.05, 0) is 47.5 Å². The SMILES string of the molecule is CC(=O)N1C=Cc2ccccc2[C@H]1CC(=O)Nc1ccc(S(=O)(=O)Nc2ncccn2)cc1. The highest BCUT2D eigenvalue weighted by Crippen LogP contribution is 2.33. The highest BCUT2D eigenvalue weighted by atomic mass is 32.2. The smallest absolute Gasteiger partial charge is 0.264 e. The molecule has 1 aliphatic rings. The lowest BCUT2D eigenvalue weighted by Crippen LogP contribution is -2.33. The average Bonchev–Trinajstić information content (AvgIpc) is 2.80. The third kappa shape index (κ3) is 5.07. The van der Waals surface area contributed by atoms with Crippen molar-refractivity contribution in [3.63, 3.8) is 0 Å². The van der Waals surface area contributed by atoms with E-state index >= 15 is 0 Å². The van der Waals surface area contributed by atoms with Crippen molar-refractivity contribution in [3.8, 4) is 0 Å². The van der Waals surface area contributed by atoms with Crippen LogP contribution in [-0.2, 0) is 19.6 Å². The molecule has 0 saturated carbocycles. The Kier molecular flexibility index (Phi) is 6.18. The second-order valence-corrected chi connectivity index (χ2v) is 9.02. The molecule has 0 saturated heterocycles. The summed E-state index contributed by atoms with van der Waals surface area (Å²) in [5.74, 6) is -0.502. The normalized spacial score (nSPS) is 14.9. The topological polar surface area (TPSA) is 121 Å². The zero-order valence-corrected chi connectivity index (χ0v) is 18.5. The van der Waals surface area contributed by atoms with Gasteiger partial charge in [-0.25, -0.2) is 23.1 Å². The predicted molar refractivity (Wildman–Crippen MR) is 123 cm³/mol. The Morgan fingerprint density at radius 2 is 1.70 bits per heavy atom. The molecule has 0 aliphatic carbocycles. The van der Waals surface area contributed by atoms with Crippen LogP contribution >= 0.6 is 0 Å². The number of amides is 2. The highest BCUT2D eigenvalue weighted by molar-refractivity contribution is 7.92. The van der Waals surface area contributed by atoms with E-state index < -0.39 is 16.1 Å². The standard InChI is InChI=1S/C23H21N5O4S/c1-16(29)28-14-11-17-5-2-3-6-20(17)21(28)15-22(30)26-18-7-9-19(10-8-18)33(31,32)27-23-24-12-4-13-25-23/h2-14,21H,15H2,1H3,(H,26,30)(H,24,25,27)/t21-/m1/s1. The zero-order chi connectivity index (χ0) is 23.4. The molecule has 0 fully saturated rings. The third-order valence-electron chi connectivity index (χ3n) is 5.09. The van der Waals surface area contributed by atoms with Gasteiger partial charge in [-0.2, -0.15) is 0 Å². The molecule has 2 N–H and O–H groups in total. The molecule has 1 atom stereocenters. The number of carbonyl (C=O) groups is 2. The second-order valence-electron chi connectivity index (χ2n) is 7.34. The van der Waals surface area contributed by atoms with Crippen LogP contribution in [0.1, 0.15) is 30.5 Å². The number of hydrogen-bond acceptors (Lipinski definition) is 6. The molecule has 1 aromatic heterocycles. The molecule has 3 aromatic rings. The maximum absolute atomic E-state index is 12.8. The Bertz CT molecular complexity index is 1310. The lowest BCUT2D eigenvalue weighted by Gasteiger charge is -2.32. The quantitative estimate of drug-likeness (QED) is 0.579. The fraction of sp³-hybridized carbons (Fsp3) is 0.130. The average molecular weight is 464 g/mol. The molecular formula is C23H21N5O4S. The van der Waals surface area contributed by atoms with Crippen molar-refractivity contribution in [2.45, 2.75) is 24.3 Å². The summed E-state index contributed by atoms with van der Waals surface area (Å²) in [5.41, 5.74) is 2.28. The number of benzene rings is 2. The van der Waals surface area contributed by atoms with Crippen molar-refractivity contribution in [1.82, 2.24) is 14.9 Å². The fourth-order valence-electron chi connectivity index (χ4n) is 3.55. The summed E-state index contributed by atoms with van der Waals surface area (Å²) in [4.78, 5) is 34.1. The predicted octanol–water partition coefficient (Wildman–Crippen LogP) is 3.18. The molecule has 168 valence electrons. The number of anilines is 2. The Hall–Kier alpha value is -4.05. The highest BCUT2D eigenvalue weighted by Gasteiger charge is 2.28. The van der Waals surface area contributed by atoms with Crippen LogP contribution < -0.4 is 10.0 Å². The van der Waals surface area contributed by atoms with Gasteiger partial charge >= 0.3 is 0 Å². The number of fused-ring (bicyclic) bond motifs is 1. The number of carbonyl (C=O) groups excluding carboxylic acids is 2. The first-order valence-electron chi connectivity index (χ1n) is 10.1. The number of aromatic nitrogens is 2. The summed E-state index contributed by atoms with van der Waals surface area (Å²) in [5, 5.41) is 2.77. The number of rotatable bonds is 6. The van der Waals surface area contributed by atoms with Crippen LogP contribution in [0.2, 0.25) is 0 Å². The second kappa shape index (κ2) is 9.21. The molecule has 2 aromatic carbocycles. The van der Waals surface area contributed by atoms with Crippen LogP contribution in [-0.4, -0.2) is 35.1 Å². The molecule has 2 amide bonds. The molecule has 1 aliphatic heterocycles. The van der Waals surface area contributed by atoms with Crippen LogP contribution in [0, 0.1) is 0 Å². The molecule has 0 spiro atoms. The minimum Gasteiger partial charge on any atom is -0.326 e. The van der Waals surface area contributed by atoms with Gasteiger partial charge in [0.05, 0.1) is 17.4 Å². The van der Waals surface area contributed by atoms with E-state index in [2.05, 4.69) is 20.0 Å². The van der Waals surface area contributed by atoms with Crippen molar-refractivity contribution in [2.75, 3.05) is 10.0 Å². The van der Waals surface area contributed by atoms with Gasteiger partial charge < -0.3 is 10.2 Å². The first-order chi connectivity index (χ1) is 15.8. The van der Waals surface area contributed by atoms with E-state index in [1.54, 1.807) is 12.3 Å². The molecule has 33 heavy (non-hydrogen) atoms. The number of nitrogens with one attached hydrogen (secondary N) is 2.